The van der Waals surface area contributed by atoms with Gasteiger partial charge in [0.05, 0.1) is 35.7 Å². The predicted octanol–water partition coefficient (Wildman–Crippen LogP) is 6.86. The summed E-state index contributed by atoms with van der Waals surface area (Å²) >= 11 is 18.8. The average molecular weight is 1130 g/mol. The van der Waals surface area contributed by atoms with Crippen LogP contribution in [0.5, 0.6) is 0 Å². The van der Waals surface area contributed by atoms with Gasteiger partial charge in [-0.05, 0) is 97.6 Å². The van der Waals surface area contributed by atoms with Crippen molar-refractivity contribution in [2.45, 2.75) is 44.7 Å². The number of likely N-dealkylation sites (N-methyl/N-ethyl adjacent to an activating group) is 2. The predicted molar refractivity (Wildman–Crippen MR) is 241 cm³/mol. The smallest absolute Gasteiger partial charge is 0.870 e. The van der Waals surface area contributed by atoms with Crippen molar-refractivity contribution >= 4 is 139 Å². The maximum atomic E-state index is 11.1. The van der Waals surface area contributed by atoms with Crippen molar-refractivity contribution in [1.82, 2.24) is 25.6 Å². The van der Waals surface area contributed by atoms with Gasteiger partial charge in [0, 0.05) is 85.4 Å². The maximum Gasteiger partial charge on any atom is 1.00 e. The fraction of sp³-hybridized carbons (Fsp3) is 0.324. The molecule has 2 aliphatic rings. The van der Waals surface area contributed by atoms with Crippen LogP contribution in [0.3, 0.4) is 0 Å². The fourth-order valence-corrected chi connectivity index (χ4v) is 9.72. The van der Waals surface area contributed by atoms with E-state index in [1.54, 1.807) is 57.6 Å². The number of nitrogens with one attached hydrogen (secondary N) is 2. The zero-order valence-corrected chi connectivity index (χ0v) is 42.8. The number of hydrogen-bond acceptors (Lipinski definition) is 15. The largest absolute Gasteiger partial charge is 1.00 e. The van der Waals surface area contributed by atoms with Crippen molar-refractivity contribution in [3.63, 3.8) is 0 Å². The summed E-state index contributed by atoms with van der Waals surface area (Å²) in [7, 11) is 4.11. The third kappa shape index (κ3) is 21.0. The van der Waals surface area contributed by atoms with E-state index in [0.717, 1.165) is 13.4 Å². The maximum absolute atomic E-state index is 11.1. The quantitative estimate of drug-likeness (QED) is 0.0978. The minimum absolute atomic E-state index is 0. The number of halogens is 4. The van der Waals surface area contributed by atoms with E-state index in [9.17, 15) is 14.4 Å². The van der Waals surface area contributed by atoms with E-state index in [1.807, 2.05) is 16.1 Å². The Labute approximate surface area is 402 Å². The number of esters is 1. The van der Waals surface area contributed by atoms with Crippen LogP contribution in [-0.4, -0.2) is 100 Å². The Morgan fingerprint density at radius 3 is 1.47 bits per heavy atom. The van der Waals surface area contributed by atoms with Crippen LogP contribution in [0, 0.1) is 0 Å². The summed E-state index contributed by atoms with van der Waals surface area (Å²) in [6.07, 6.45) is 11.9. The van der Waals surface area contributed by atoms with Gasteiger partial charge in [-0.15, -0.1) is 16.1 Å². The molecule has 0 radical (unpaired) electrons. The minimum atomic E-state index is -0.964. The molecule has 57 heavy (non-hydrogen) atoms. The Morgan fingerprint density at radius 1 is 0.719 bits per heavy atom. The van der Waals surface area contributed by atoms with Gasteiger partial charge in [0.2, 0.25) is 0 Å². The number of nitrogens with zero attached hydrogens (tertiary/aromatic N) is 5. The van der Waals surface area contributed by atoms with Gasteiger partial charge >= 0.3 is 47.5 Å². The third-order valence-electron chi connectivity index (χ3n) is 6.98. The monoisotopic (exact) mass is 1120 g/mol. The normalized spacial score (nSPS) is 14.4. The second-order valence-corrected chi connectivity index (χ2v) is 16.9. The molecule has 0 spiro atoms. The van der Waals surface area contributed by atoms with Gasteiger partial charge in [-0.25, -0.2) is 14.4 Å². The van der Waals surface area contributed by atoms with E-state index in [1.165, 1.54) is 76.9 Å². The number of aliphatic imine (C=N–C) groups is 2. The number of ether oxygens (including phenoxy) is 1. The van der Waals surface area contributed by atoms with Gasteiger partial charge in [-0.2, -0.15) is 44.2 Å². The van der Waals surface area contributed by atoms with Crippen LogP contribution in [0.15, 0.2) is 83.3 Å². The first-order valence-corrected chi connectivity index (χ1v) is 23.1. The molecule has 23 heteroatoms. The van der Waals surface area contributed by atoms with Gasteiger partial charge in [0.1, 0.15) is 12.4 Å². The summed E-state index contributed by atoms with van der Waals surface area (Å²) in [5.74, 6) is -2.11. The third-order valence-corrected chi connectivity index (χ3v) is 14.3. The SMILES string of the molecule is Brc1cscc1Br.C1=NCN=C1.CCOC(=O)c1cscc1Br.CN[C@@H]1CCCC[C@H]1NC.O=C(O)c1cscc1-n1nccn1.O=C(O)c1cscc1Br.[Na+].[OH-]. The van der Waals surface area contributed by atoms with E-state index >= 15 is 0 Å². The van der Waals surface area contributed by atoms with Gasteiger partial charge in [-0.1, -0.05) is 12.8 Å². The van der Waals surface area contributed by atoms with E-state index < -0.39 is 11.9 Å². The molecule has 1 saturated carbocycles. The van der Waals surface area contributed by atoms with Crippen molar-refractivity contribution in [1.29, 1.82) is 0 Å². The number of carboxylic acid groups (broad SMARTS) is 2. The molecule has 5 aromatic rings. The molecule has 5 aromatic heterocycles. The van der Waals surface area contributed by atoms with Crippen molar-refractivity contribution in [3.8, 4) is 5.69 Å². The number of carboxylic acids is 2. The molecule has 0 bridgehead atoms. The molecule has 14 nitrogen and oxygen atoms in total. The number of rotatable bonds is 7. The summed E-state index contributed by atoms with van der Waals surface area (Å²) in [5, 5.41) is 45.9. The summed E-state index contributed by atoms with van der Waals surface area (Å²) in [6, 6.07) is 1.41. The van der Waals surface area contributed by atoms with Crippen LogP contribution < -0.4 is 40.2 Å². The summed E-state index contributed by atoms with van der Waals surface area (Å²) in [5.41, 5.74) is 1.67. The Hall–Kier alpha value is -1.51. The number of thiophene rings is 4. The number of carbonyl (C=O) groups excluding carboxylic acids is 1. The van der Waals surface area contributed by atoms with Crippen LogP contribution in [-0.2, 0) is 4.74 Å². The topological polar surface area (TPSA) is 210 Å². The Bertz CT molecular complexity index is 1890. The van der Waals surface area contributed by atoms with Crippen LogP contribution in [0.1, 0.15) is 63.7 Å². The molecule has 6 heterocycles. The summed E-state index contributed by atoms with van der Waals surface area (Å²) < 4.78 is 8.54. The zero-order valence-electron chi connectivity index (χ0n) is 31.2. The molecule has 5 N–H and O–H groups in total. The molecular weight excluding hydrogens is 1090 g/mol. The second kappa shape index (κ2) is 32.3. The molecule has 0 amide bonds. The summed E-state index contributed by atoms with van der Waals surface area (Å²) in [4.78, 5) is 40.8. The molecule has 306 valence electrons. The van der Waals surface area contributed by atoms with Crippen molar-refractivity contribution in [2.75, 3.05) is 27.4 Å². The number of hydrogen-bond donors (Lipinski definition) is 4. The fourth-order valence-electron chi connectivity index (χ4n) is 4.34. The van der Waals surface area contributed by atoms with Crippen LogP contribution in [0.25, 0.3) is 5.69 Å². The first kappa shape index (κ1) is 55.5. The molecule has 2 atom stereocenters. The van der Waals surface area contributed by atoms with Crippen molar-refractivity contribution in [3.05, 3.63) is 90.0 Å². The zero-order chi connectivity index (χ0) is 40.6. The second-order valence-electron chi connectivity index (χ2n) is 10.5. The first-order valence-electron chi connectivity index (χ1n) is 16.1. The Kier molecular flexibility index (Phi) is 31.4. The van der Waals surface area contributed by atoms with E-state index in [2.05, 4.69) is 109 Å². The molecular formula is C34H40Br4N7NaO7S4. The van der Waals surface area contributed by atoms with Gasteiger partial charge < -0.3 is 31.1 Å². The van der Waals surface area contributed by atoms with E-state index in [0.29, 0.717) is 46.6 Å². The number of aromatic nitrogens is 3. The molecule has 0 aromatic carbocycles. The molecule has 0 unspecified atom stereocenters. The molecule has 0 saturated heterocycles. The average Bonchev–Trinajstić information content (AvgIpc) is 4.03. The van der Waals surface area contributed by atoms with Crippen LogP contribution in [0.4, 0.5) is 0 Å². The molecule has 1 aliphatic carbocycles. The van der Waals surface area contributed by atoms with Gasteiger partial charge in [-0.3, -0.25) is 9.98 Å². The number of carbonyl (C=O) groups is 3. The van der Waals surface area contributed by atoms with Crippen LogP contribution in [0.2, 0.25) is 0 Å². The van der Waals surface area contributed by atoms with Crippen molar-refractivity contribution < 1.29 is 64.4 Å². The van der Waals surface area contributed by atoms with E-state index in [-0.39, 0.29) is 46.6 Å². The minimum Gasteiger partial charge on any atom is -0.870 e. The van der Waals surface area contributed by atoms with Crippen molar-refractivity contribution in [2.24, 2.45) is 9.98 Å². The van der Waals surface area contributed by atoms with Gasteiger partial charge in [0.25, 0.3) is 0 Å². The molecule has 7 rings (SSSR count). The summed E-state index contributed by atoms with van der Waals surface area (Å²) in [6.45, 7) is 2.85. The van der Waals surface area contributed by atoms with Gasteiger partial charge in [0.15, 0.2) is 0 Å². The van der Waals surface area contributed by atoms with E-state index in [4.69, 9.17) is 14.9 Å². The first-order chi connectivity index (χ1) is 26.4. The van der Waals surface area contributed by atoms with Crippen LogP contribution >= 0.6 is 109 Å². The Balaban J connectivity index is 0.000000668. The molecule has 1 fully saturated rings. The standard InChI is InChI=1S/C8H18N2.C7H7BrO2S.C7H5N3O2S.C5H3BrO2S.C4H2Br2S.C3H4N2.Na.H2O/c1-9-7-5-3-4-6-8(7)10-2;1-2-10-7(9)5-3-11-4-6(5)8;11-7(12)5-3-13-4-6(5)10-8-1-2-9-10;6-4-2-9-1-3(4)5(7)8;5-3-1-7-2-4(3)6;1-2-5-3-4-1;;/h7-10H,3-6H2,1-2H3;3-4H,2H2,1H3;1-4H,(H,11,12);1-2H,(H,7,8);1-2H;1-2H,3H2;;1H2/q;;;;;;+1;/p-1/t7-,8-;;;;;;;/m1......./s1. The number of aromatic carboxylic acids is 2. The Morgan fingerprint density at radius 2 is 1.14 bits per heavy atom. The molecule has 1 aliphatic heterocycles.